The first-order valence-electron chi connectivity index (χ1n) is 7.78. The van der Waals surface area contributed by atoms with E-state index in [0.29, 0.717) is 18.1 Å². The third-order valence-corrected chi connectivity index (χ3v) is 5.73. The lowest BCUT2D eigenvalue weighted by molar-refractivity contribution is -0.154. The van der Waals surface area contributed by atoms with E-state index in [1.54, 1.807) is 0 Å². The SMILES string of the molecule is CC1(C)C2OCCC2C1(N)CNCC1CCCCO1. The van der Waals surface area contributed by atoms with Gasteiger partial charge in [0.05, 0.1) is 12.2 Å². The first-order valence-corrected chi connectivity index (χ1v) is 7.78. The number of fused-ring (bicyclic) bond motifs is 1. The largest absolute Gasteiger partial charge is 0.377 e. The molecule has 2 aliphatic heterocycles. The Morgan fingerprint density at radius 3 is 2.74 bits per heavy atom. The van der Waals surface area contributed by atoms with Gasteiger partial charge in [0.1, 0.15) is 0 Å². The van der Waals surface area contributed by atoms with Crippen LogP contribution >= 0.6 is 0 Å². The molecule has 0 aromatic carbocycles. The van der Waals surface area contributed by atoms with Crippen molar-refractivity contribution in [3.8, 4) is 0 Å². The second kappa shape index (κ2) is 4.99. The van der Waals surface area contributed by atoms with E-state index in [1.165, 1.54) is 19.3 Å². The van der Waals surface area contributed by atoms with Gasteiger partial charge in [-0.15, -0.1) is 0 Å². The van der Waals surface area contributed by atoms with Crippen molar-refractivity contribution in [1.29, 1.82) is 0 Å². The molecule has 3 N–H and O–H groups in total. The van der Waals surface area contributed by atoms with Gasteiger partial charge in [0.25, 0.3) is 0 Å². The normalized spacial score (nSPS) is 44.7. The summed E-state index contributed by atoms with van der Waals surface area (Å²) < 4.78 is 11.6. The van der Waals surface area contributed by atoms with Gasteiger partial charge < -0.3 is 20.5 Å². The van der Waals surface area contributed by atoms with Gasteiger partial charge >= 0.3 is 0 Å². The van der Waals surface area contributed by atoms with Crippen molar-refractivity contribution in [2.75, 3.05) is 26.3 Å². The highest BCUT2D eigenvalue weighted by Gasteiger charge is 2.67. The second-order valence-corrected chi connectivity index (χ2v) is 7.07. The Kier molecular flexibility index (Phi) is 3.63. The minimum atomic E-state index is -0.122. The van der Waals surface area contributed by atoms with Crippen molar-refractivity contribution >= 4 is 0 Å². The zero-order valence-electron chi connectivity index (χ0n) is 12.3. The second-order valence-electron chi connectivity index (χ2n) is 7.07. The zero-order valence-corrected chi connectivity index (χ0v) is 12.3. The van der Waals surface area contributed by atoms with E-state index in [1.807, 2.05) is 0 Å². The topological polar surface area (TPSA) is 56.5 Å². The molecule has 4 heteroatoms. The van der Waals surface area contributed by atoms with Crippen molar-refractivity contribution in [1.82, 2.24) is 5.32 Å². The molecule has 4 nitrogen and oxygen atoms in total. The van der Waals surface area contributed by atoms with Gasteiger partial charge in [0, 0.05) is 43.2 Å². The standard InChI is InChI=1S/C15H28N2O2/c1-14(2)13-12(6-8-19-13)15(14,16)10-17-9-11-5-3-4-7-18-11/h11-13,17H,3-10,16H2,1-2H3. The molecule has 3 fully saturated rings. The Labute approximate surface area is 116 Å². The van der Waals surface area contributed by atoms with E-state index in [-0.39, 0.29) is 11.0 Å². The third kappa shape index (κ3) is 2.13. The Morgan fingerprint density at radius 1 is 1.16 bits per heavy atom. The van der Waals surface area contributed by atoms with Crippen LogP contribution in [0.5, 0.6) is 0 Å². The Bertz CT molecular complexity index is 328. The van der Waals surface area contributed by atoms with Crippen molar-refractivity contribution in [3.05, 3.63) is 0 Å². The predicted octanol–water partition coefficient (Wildman–Crippen LogP) is 1.29. The van der Waals surface area contributed by atoms with Crippen LogP contribution in [0, 0.1) is 11.3 Å². The molecule has 0 spiro atoms. The third-order valence-electron chi connectivity index (χ3n) is 5.73. The van der Waals surface area contributed by atoms with Crippen molar-refractivity contribution < 1.29 is 9.47 Å². The van der Waals surface area contributed by atoms with E-state index < -0.39 is 0 Å². The molecule has 0 aromatic heterocycles. The van der Waals surface area contributed by atoms with E-state index in [2.05, 4.69) is 19.2 Å². The smallest absolute Gasteiger partial charge is 0.0699 e. The molecule has 3 aliphatic rings. The van der Waals surface area contributed by atoms with E-state index in [4.69, 9.17) is 15.2 Å². The fourth-order valence-corrected chi connectivity index (χ4v) is 4.24. The van der Waals surface area contributed by atoms with Gasteiger partial charge in [-0.3, -0.25) is 0 Å². The quantitative estimate of drug-likeness (QED) is 0.806. The van der Waals surface area contributed by atoms with Crippen LogP contribution in [-0.4, -0.2) is 44.1 Å². The Balaban J connectivity index is 1.51. The molecule has 1 saturated carbocycles. The monoisotopic (exact) mass is 268 g/mol. The maximum absolute atomic E-state index is 6.70. The van der Waals surface area contributed by atoms with Crippen LogP contribution in [0.1, 0.15) is 39.5 Å². The van der Waals surface area contributed by atoms with Gasteiger partial charge in [0.15, 0.2) is 0 Å². The van der Waals surface area contributed by atoms with Crippen LogP contribution in [0.3, 0.4) is 0 Å². The Hall–Kier alpha value is -0.160. The number of hydrogen-bond donors (Lipinski definition) is 2. The van der Waals surface area contributed by atoms with Crippen molar-refractivity contribution in [2.24, 2.45) is 17.1 Å². The minimum absolute atomic E-state index is 0.0780. The highest BCUT2D eigenvalue weighted by Crippen LogP contribution is 2.57. The van der Waals surface area contributed by atoms with Crippen LogP contribution in [0.25, 0.3) is 0 Å². The molecule has 110 valence electrons. The molecule has 2 saturated heterocycles. The van der Waals surface area contributed by atoms with Crippen LogP contribution in [-0.2, 0) is 9.47 Å². The summed E-state index contributed by atoms with van der Waals surface area (Å²) in [6.45, 7) is 8.11. The van der Waals surface area contributed by atoms with Crippen molar-refractivity contribution in [3.63, 3.8) is 0 Å². The van der Waals surface area contributed by atoms with Crippen molar-refractivity contribution in [2.45, 2.75) is 57.3 Å². The summed E-state index contributed by atoms with van der Waals surface area (Å²) in [7, 11) is 0. The average molecular weight is 268 g/mol. The molecular weight excluding hydrogens is 240 g/mol. The molecule has 2 heterocycles. The summed E-state index contributed by atoms with van der Waals surface area (Å²) in [6.07, 6.45) is 5.56. The lowest BCUT2D eigenvalue weighted by Crippen LogP contribution is -2.78. The summed E-state index contributed by atoms with van der Waals surface area (Å²) in [6, 6.07) is 0. The van der Waals surface area contributed by atoms with E-state index >= 15 is 0 Å². The number of ether oxygens (including phenoxy) is 2. The van der Waals surface area contributed by atoms with Crippen LogP contribution in [0.2, 0.25) is 0 Å². The van der Waals surface area contributed by atoms with Gasteiger partial charge in [-0.25, -0.2) is 0 Å². The van der Waals surface area contributed by atoms with Gasteiger partial charge in [-0.05, 0) is 25.7 Å². The number of hydrogen-bond acceptors (Lipinski definition) is 4. The summed E-state index contributed by atoms with van der Waals surface area (Å²) in [5.41, 5.74) is 6.65. The lowest BCUT2D eigenvalue weighted by atomic mass is 9.48. The molecule has 4 atom stereocenters. The predicted molar refractivity (Wildman–Crippen MR) is 75.0 cm³/mol. The van der Waals surface area contributed by atoms with Crippen LogP contribution in [0.4, 0.5) is 0 Å². The maximum Gasteiger partial charge on any atom is 0.0699 e. The fourth-order valence-electron chi connectivity index (χ4n) is 4.24. The first kappa shape index (κ1) is 13.8. The minimum Gasteiger partial charge on any atom is -0.377 e. The zero-order chi connectivity index (χ0) is 13.5. The molecule has 4 unspecified atom stereocenters. The summed E-state index contributed by atoms with van der Waals surface area (Å²) in [5, 5.41) is 3.56. The molecule has 3 rings (SSSR count). The number of rotatable bonds is 4. The van der Waals surface area contributed by atoms with Gasteiger partial charge in [0.2, 0.25) is 0 Å². The van der Waals surface area contributed by atoms with Crippen LogP contribution < -0.4 is 11.1 Å². The van der Waals surface area contributed by atoms with E-state index in [9.17, 15) is 0 Å². The molecular formula is C15H28N2O2. The molecule has 0 amide bonds. The van der Waals surface area contributed by atoms with Gasteiger partial charge in [-0.1, -0.05) is 13.8 Å². The highest BCUT2D eigenvalue weighted by molar-refractivity contribution is 5.21. The van der Waals surface area contributed by atoms with E-state index in [0.717, 1.165) is 32.7 Å². The fraction of sp³-hybridized carbons (Fsp3) is 1.00. The summed E-state index contributed by atoms with van der Waals surface area (Å²) in [5.74, 6) is 0.530. The highest BCUT2D eigenvalue weighted by atomic mass is 16.5. The molecule has 0 aromatic rings. The van der Waals surface area contributed by atoms with Crippen LogP contribution in [0.15, 0.2) is 0 Å². The first-order chi connectivity index (χ1) is 9.06. The molecule has 0 bridgehead atoms. The molecule has 1 aliphatic carbocycles. The lowest BCUT2D eigenvalue weighted by Gasteiger charge is -2.62. The number of nitrogens with two attached hydrogens (primary N) is 1. The molecule has 0 radical (unpaired) electrons. The Morgan fingerprint density at radius 2 is 2.00 bits per heavy atom. The number of nitrogens with one attached hydrogen (secondary N) is 1. The molecule has 19 heavy (non-hydrogen) atoms. The average Bonchev–Trinajstić information content (AvgIpc) is 2.88. The summed E-state index contributed by atoms with van der Waals surface area (Å²) in [4.78, 5) is 0. The van der Waals surface area contributed by atoms with Gasteiger partial charge in [-0.2, -0.15) is 0 Å². The summed E-state index contributed by atoms with van der Waals surface area (Å²) >= 11 is 0. The maximum atomic E-state index is 6.70.